The van der Waals surface area contributed by atoms with Gasteiger partial charge in [-0.1, -0.05) is 11.6 Å². The Hall–Kier alpha value is -2.44. The highest BCUT2D eigenvalue weighted by atomic mass is 35.5. The first kappa shape index (κ1) is 20.8. The van der Waals surface area contributed by atoms with Gasteiger partial charge in [-0.05, 0) is 62.4 Å². The molecule has 2 fully saturated rings. The monoisotopic (exact) mass is 429 g/mol. The van der Waals surface area contributed by atoms with E-state index in [0.717, 1.165) is 6.54 Å². The zero-order valence-corrected chi connectivity index (χ0v) is 17.9. The van der Waals surface area contributed by atoms with Crippen molar-refractivity contribution in [2.24, 2.45) is 0 Å². The molecule has 1 atom stereocenters. The van der Waals surface area contributed by atoms with Gasteiger partial charge in [0.25, 0.3) is 11.8 Å². The van der Waals surface area contributed by atoms with Crippen molar-refractivity contribution in [3.8, 4) is 0 Å². The van der Waals surface area contributed by atoms with Gasteiger partial charge in [-0.2, -0.15) is 0 Å². The van der Waals surface area contributed by atoms with Gasteiger partial charge in [-0.3, -0.25) is 14.5 Å². The fourth-order valence-corrected chi connectivity index (χ4v) is 4.70. The van der Waals surface area contributed by atoms with Crippen molar-refractivity contribution in [2.45, 2.75) is 25.4 Å². The first-order chi connectivity index (χ1) is 14.2. The molecule has 0 radical (unpaired) electrons. The van der Waals surface area contributed by atoms with Gasteiger partial charge in [0.1, 0.15) is 5.82 Å². The third-order valence-electron chi connectivity index (χ3n) is 6.03. The SMILES string of the molecule is CC1(C)CN(C(=O)c2ccc(Cl)cc2)C[C@@H]2CN(C(=O)c3ccc(F)cc3)CCN21. The summed E-state index contributed by atoms with van der Waals surface area (Å²) < 4.78 is 13.2. The molecule has 30 heavy (non-hydrogen) atoms. The van der Waals surface area contributed by atoms with E-state index in [1.807, 2.05) is 4.90 Å². The number of nitrogens with zero attached hydrogens (tertiary/aromatic N) is 3. The van der Waals surface area contributed by atoms with Crippen LogP contribution >= 0.6 is 11.6 Å². The molecule has 0 aliphatic carbocycles. The highest BCUT2D eigenvalue weighted by molar-refractivity contribution is 6.30. The first-order valence-corrected chi connectivity index (χ1v) is 10.5. The van der Waals surface area contributed by atoms with E-state index in [-0.39, 0.29) is 29.2 Å². The highest BCUT2D eigenvalue weighted by Gasteiger charge is 2.44. The van der Waals surface area contributed by atoms with Gasteiger partial charge >= 0.3 is 0 Å². The van der Waals surface area contributed by atoms with Crippen LogP contribution in [0.15, 0.2) is 48.5 Å². The maximum atomic E-state index is 13.2. The fourth-order valence-electron chi connectivity index (χ4n) is 4.57. The molecule has 4 rings (SSSR count). The van der Waals surface area contributed by atoms with E-state index in [1.165, 1.54) is 24.3 Å². The normalized spacial score (nSPS) is 21.3. The Labute approximate surface area is 181 Å². The van der Waals surface area contributed by atoms with Crippen LogP contribution in [0.25, 0.3) is 0 Å². The molecule has 5 nitrogen and oxygen atoms in total. The molecule has 0 unspecified atom stereocenters. The lowest BCUT2D eigenvalue weighted by Gasteiger charge is -2.55. The zero-order valence-electron chi connectivity index (χ0n) is 17.1. The van der Waals surface area contributed by atoms with Crippen LogP contribution in [0.3, 0.4) is 0 Å². The summed E-state index contributed by atoms with van der Waals surface area (Å²) in [6, 6.07) is 12.6. The maximum absolute atomic E-state index is 13.2. The van der Waals surface area contributed by atoms with Crippen molar-refractivity contribution >= 4 is 23.4 Å². The van der Waals surface area contributed by atoms with Gasteiger partial charge in [0.15, 0.2) is 0 Å². The summed E-state index contributed by atoms with van der Waals surface area (Å²) in [5.74, 6) is -0.489. The molecule has 7 heteroatoms. The van der Waals surface area contributed by atoms with Gasteiger partial charge in [0, 0.05) is 60.5 Å². The largest absolute Gasteiger partial charge is 0.336 e. The lowest BCUT2D eigenvalue weighted by Crippen LogP contribution is -2.70. The van der Waals surface area contributed by atoms with Gasteiger partial charge in [-0.25, -0.2) is 4.39 Å². The van der Waals surface area contributed by atoms with Gasteiger partial charge in [0.2, 0.25) is 0 Å². The standard InChI is InChI=1S/C23H25ClFN3O2/c1-23(2)15-27(22(30)16-3-7-18(24)8-4-16)14-20-13-26(11-12-28(20)23)21(29)17-5-9-19(25)10-6-17/h3-10,20H,11-15H2,1-2H3/t20-/m0/s1. The number of halogens is 2. The van der Waals surface area contributed by atoms with Crippen LogP contribution in [0.2, 0.25) is 5.02 Å². The summed E-state index contributed by atoms with van der Waals surface area (Å²) >= 11 is 5.95. The van der Waals surface area contributed by atoms with Gasteiger partial charge in [0.05, 0.1) is 0 Å². The molecule has 2 aromatic carbocycles. The van der Waals surface area contributed by atoms with Crippen molar-refractivity contribution in [3.63, 3.8) is 0 Å². The van der Waals surface area contributed by atoms with E-state index in [0.29, 0.717) is 42.3 Å². The Kier molecular flexibility index (Phi) is 5.55. The summed E-state index contributed by atoms with van der Waals surface area (Å²) in [4.78, 5) is 32.1. The summed E-state index contributed by atoms with van der Waals surface area (Å²) in [6.07, 6.45) is 0. The minimum absolute atomic E-state index is 0.0265. The molecule has 0 spiro atoms. The molecule has 0 aromatic heterocycles. The molecular weight excluding hydrogens is 405 g/mol. The summed E-state index contributed by atoms with van der Waals surface area (Å²) in [5, 5.41) is 0.596. The molecule has 0 saturated carbocycles. The third-order valence-corrected chi connectivity index (χ3v) is 6.28. The van der Waals surface area contributed by atoms with E-state index >= 15 is 0 Å². The van der Waals surface area contributed by atoms with E-state index < -0.39 is 0 Å². The number of piperazine rings is 2. The zero-order chi connectivity index (χ0) is 21.5. The Bertz CT molecular complexity index is 944. The molecule has 0 bridgehead atoms. The molecule has 2 aliphatic heterocycles. The number of benzene rings is 2. The van der Waals surface area contributed by atoms with Crippen molar-refractivity contribution in [1.29, 1.82) is 0 Å². The maximum Gasteiger partial charge on any atom is 0.253 e. The average Bonchev–Trinajstić information content (AvgIpc) is 2.73. The predicted octanol–water partition coefficient (Wildman–Crippen LogP) is 3.54. The van der Waals surface area contributed by atoms with Crippen LogP contribution in [0.4, 0.5) is 4.39 Å². The molecule has 158 valence electrons. The third kappa shape index (κ3) is 4.07. The second-order valence-corrected chi connectivity index (χ2v) is 9.05. The number of carbonyl (C=O) groups is 2. The topological polar surface area (TPSA) is 43.9 Å². The van der Waals surface area contributed by atoms with Crippen LogP contribution in [0.1, 0.15) is 34.6 Å². The molecule has 0 N–H and O–H groups in total. The van der Waals surface area contributed by atoms with Crippen molar-refractivity contribution < 1.29 is 14.0 Å². The summed E-state index contributed by atoms with van der Waals surface area (Å²) in [5.41, 5.74) is 0.892. The molecule has 2 aromatic rings. The number of hydrogen-bond acceptors (Lipinski definition) is 3. The van der Waals surface area contributed by atoms with Crippen molar-refractivity contribution in [2.75, 3.05) is 32.7 Å². The number of fused-ring (bicyclic) bond motifs is 1. The van der Waals surface area contributed by atoms with Crippen LogP contribution in [-0.4, -0.2) is 70.8 Å². The number of amides is 2. The highest BCUT2D eigenvalue weighted by Crippen LogP contribution is 2.29. The van der Waals surface area contributed by atoms with Gasteiger partial charge < -0.3 is 9.80 Å². The number of rotatable bonds is 2. The minimum Gasteiger partial charge on any atom is -0.336 e. The fraction of sp³-hybridized carbons (Fsp3) is 0.391. The summed E-state index contributed by atoms with van der Waals surface area (Å²) in [7, 11) is 0. The average molecular weight is 430 g/mol. The Balaban J connectivity index is 1.51. The van der Waals surface area contributed by atoms with E-state index in [1.54, 1.807) is 29.2 Å². The lowest BCUT2D eigenvalue weighted by atomic mass is 9.92. The predicted molar refractivity (Wildman–Crippen MR) is 114 cm³/mol. The molecule has 2 heterocycles. The van der Waals surface area contributed by atoms with Crippen LogP contribution in [-0.2, 0) is 0 Å². The van der Waals surface area contributed by atoms with Crippen LogP contribution < -0.4 is 0 Å². The first-order valence-electron chi connectivity index (χ1n) is 10.1. The second kappa shape index (κ2) is 8.00. The van der Waals surface area contributed by atoms with Crippen LogP contribution in [0.5, 0.6) is 0 Å². The van der Waals surface area contributed by atoms with Crippen molar-refractivity contribution in [1.82, 2.24) is 14.7 Å². The van der Waals surface area contributed by atoms with Crippen LogP contribution in [0, 0.1) is 5.82 Å². The summed E-state index contributed by atoms with van der Waals surface area (Å²) in [6.45, 7) is 7.34. The minimum atomic E-state index is -0.359. The van der Waals surface area contributed by atoms with Gasteiger partial charge in [-0.15, -0.1) is 0 Å². The van der Waals surface area contributed by atoms with Crippen molar-refractivity contribution in [3.05, 3.63) is 70.5 Å². The lowest BCUT2D eigenvalue weighted by molar-refractivity contribution is -0.0507. The van der Waals surface area contributed by atoms with E-state index in [9.17, 15) is 14.0 Å². The number of carbonyl (C=O) groups excluding carboxylic acids is 2. The number of hydrogen-bond donors (Lipinski definition) is 0. The quantitative estimate of drug-likeness (QED) is 0.733. The van der Waals surface area contributed by atoms with E-state index in [4.69, 9.17) is 11.6 Å². The Morgan fingerprint density at radius 3 is 2.07 bits per heavy atom. The Morgan fingerprint density at radius 1 is 0.900 bits per heavy atom. The second-order valence-electron chi connectivity index (χ2n) is 8.61. The molecule has 2 amide bonds. The van der Waals surface area contributed by atoms with E-state index in [2.05, 4.69) is 18.7 Å². The molecule has 2 aliphatic rings. The molecular formula is C23H25ClFN3O2. The Morgan fingerprint density at radius 2 is 1.43 bits per heavy atom. The smallest absolute Gasteiger partial charge is 0.253 e. The molecule has 2 saturated heterocycles.